The lowest BCUT2D eigenvalue weighted by atomic mass is 10.1. The summed E-state index contributed by atoms with van der Waals surface area (Å²) in [6.45, 7) is 1.08. The SMILES string of the molecule is O=C(CNc1ccc(OCc2ccccc2)cc1)Nc1ccc(C(=O)NCc2ccccc2)cc1. The molecule has 6 nitrogen and oxygen atoms in total. The fraction of sp³-hybridized carbons (Fsp3) is 0.103. The summed E-state index contributed by atoms with van der Waals surface area (Å²) in [5.41, 5.74) is 4.11. The Morgan fingerprint density at radius 2 is 1.26 bits per heavy atom. The highest BCUT2D eigenvalue weighted by Gasteiger charge is 2.07. The summed E-state index contributed by atoms with van der Waals surface area (Å²) in [7, 11) is 0. The smallest absolute Gasteiger partial charge is 0.251 e. The van der Waals surface area contributed by atoms with Crippen molar-refractivity contribution in [3.05, 3.63) is 126 Å². The summed E-state index contributed by atoms with van der Waals surface area (Å²) in [6.07, 6.45) is 0. The molecule has 176 valence electrons. The van der Waals surface area contributed by atoms with Crippen molar-refractivity contribution in [2.45, 2.75) is 13.2 Å². The van der Waals surface area contributed by atoms with Crippen molar-refractivity contribution in [2.24, 2.45) is 0 Å². The Hall–Kier alpha value is -4.58. The molecule has 3 N–H and O–H groups in total. The molecule has 0 aromatic heterocycles. The lowest BCUT2D eigenvalue weighted by molar-refractivity contribution is -0.114. The highest BCUT2D eigenvalue weighted by Crippen LogP contribution is 2.17. The van der Waals surface area contributed by atoms with Crippen molar-refractivity contribution in [3.63, 3.8) is 0 Å². The van der Waals surface area contributed by atoms with Gasteiger partial charge in [-0.15, -0.1) is 0 Å². The van der Waals surface area contributed by atoms with Crippen molar-refractivity contribution < 1.29 is 14.3 Å². The minimum Gasteiger partial charge on any atom is -0.489 e. The van der Waals surface area contributed by atoms with E-state index in [0.717, 1.165) is 22.6 Å². The van der Waals surface area contributed by atoms with Crippen LogP contribution in [-0.2, 0) is 17.9 Å². The van der Waals surface area contributed by atoms with Gasteiger partial charge in [-0.3, -0.25) is 9.59 Å². The van der Waals surface area contributed by atoms with Crippen molar-refractivity contribution in [2.75, 3.05) is 17.2 Å². The monoisotopic (exact) mass is 465 g/mol. The lowest BCUT2D eigenvalue weighted by Gasteiger charge is -2.10. The third kappa shape index (κ3) is 7.47. The Kier molecular flexibility index (Phi) is 8.11. The van der Waals surface area contributed by atoms with E-state index < -0.39 is 0 Å². The van der Waals surface area contributed by atoms with Crippen LogP contribution in [0.2, 0.25) is 0 Å². The average molecular weight is 466 g/mol. The van der Waals surface area contributed by atoms with Gasteiger partial charge in [-0.1, -0.05) is 60.7 Å². The van der Waals surface area contributed by atoms with Crippen LogP contribution in [0.25, 0.3) is 0 Å². The number of nitrogens with one attached hydrogen (secondary N) is 3. The van der Waals surface area contributed by atoms with E-state index in [-0.39, 0.29) is 18.4 Å². The fourth-order valence-corrected chi connectivity index (χ4v) is 3.38. The fourth-order valence-electron chi connectivity index (χ4n) is 3.38. The molecule has 0 bridgehead atoms. The second-order valence-electron chi connectivity index (χ2n) is 7.95. The molecule has 0 saturated heterocycles. The first-order valence-electron chi connectivity index (χ1n) is 11.4. The third-order valence-corrected chi connectivity index (χ3v) is 5.28. The molecule has 0 spiro atoms. The molecule has 6 heteroatoms. The summed E-state index contributed by atoms with van der Waals surface area (Å²) < 4.78 is 5.78. The molecule has 0 saturated carbocycles. The molecule has 0 aliphatic carbocycles. The molecule has 0 unspecified atom stereocenters. The Morgan fingerprint density at radius 1 is 0.657 bits per heavy atom. The van der Waals surface area contributed by atoms with Crippen LogP contribution in [0.3, 0.4) is 0 Å². The molecule has 4 aromatic carbocycles. The van der Waals surface area contributed by atoms with Crippen LogP contribution in [0, 0.1) is 0 Å². The van der Waals surface area contributed by atoms with E-state index in [2.05, 4.69) is 16.0 Å². The Morgan fingerprint density at radius 3 is 1.91 bits per heavy atom. The van der Waals surface area contributed by atoms with Crippen molar-refractivity contribution >= 4 is 23.2 Å². The highest BCUT2D eigenvalue weighted by atomic mass is 16.5. The molecule has 0 heterocycles. The number of anilines is 2. The van der Waals surface area contributed by atoms with E-state index in [1.165, 1.54) is 0 Å². The van der Waals surface area contributed by atoms with Gasteiger partial charge in [-0.25, -0.2) is 0 Å². The number of benzene rings is 4. The largest absolute Gasteiger partial charge is 0.489 e. The third-order valence-electron chi connectivity index (χ3n) is 5.28. The summed E-state index contributed by atoms with van der Waals surface area (Å²) in [4.78, 5) is 24.6. The van der Waals surface area contributed by atoms with Gasteiger partial charge >= 0.3 is 0 Å². The summed E-state index contributed by atoms with van der Waals surface area (Å²) in [6, 6.07) is 34.0. The summed E-state index contributed by atoms with van der Waals surface area (Å²) in [5, 5.41) is 8.81. The molecule has 4 rings (SSSR count). The van der Waals surface area contributed by atoms with Gasteiger partial charge in [-0.2, -0.15) is 0 Å². The zero-order chi connectivity index (χ0) is 24.3. The van der Waals surface area contributed by atoms with Crippen molar-refractivity contribution in [3.8, 4) is 5.75 Å². The van der Waals surface area contributed by atoms with E-state index in [0.29, 0.717) is 24.4 Å². The predicted molar refractivity (Wildman–Crippen MR) is 138 cm³/mol. The summed E-state index contributed by atoms with van der Waals surface area (Å²) >= 11 is 0. The van der Waals surface area contributed by atoms with E-state index in [4.69, 9.17) is 4.74 Å². The van der Waals surface area contributed by atoms with Crippen LogP contribution in [-0.4, -0.2) is 18.4 Å². The van der Waals surface area contributed by atoms with Gasteiger partial charge in [0.1, 0.15) is 12.4 Å². The van der Waals surface area contributed by atoms with E-state index in [1.54, 1.807) is 24.3 Å². The minimum atomic E-state index is -0.185. The topological polar surface area (TPSA) is 79.5 Å². The molecule has 0 aliphatic heterocycles. The standard InChI is InChI=1S/C29H27N3O3/c33-28(20-30-25-15-17-27(18-16-25)35-21-23-9-5-2-6-10-23)32-26-13-11-24(12-14-26)29(34)31-19-22-7-3-1-4-8-22/h1-18,30H,19-21H2,(H,31,34)(H,32,33). The predicted octanol–water partition coefficient (Wildman–Crippen LogP) is 5.25. The zero-order valence-electron chi connectivity index (χ0n) is 19.2. The Labute approximate surface area is 205 Å². The minimum absolute atomic E-state index is 0.115. The first-order chi connectivity index (χ1) is 17.2. The number of carbonyl (C=O) groups excluding carboxylic acids is 2. The van der Waals surface area contributed by atoms with E-state index in [1.807, 2.05) is 84.9 Å². The first-order valence-corrected chi connectivity index (χ1v) is 11.4. The Balaban J connectivity index is 1.19. The van der Waals surface area contributed by atoms with Crippen LogP contribution in [0.15, 0.2) is 109 Å². The van der Waals surface area contributed by atoms with Crippen LogP contribution >= 0.6 is 0 Å². The van der Waals surface area contributed by atoms with E-state index in [9.17, 15) is 9.59 Å². The summed E-state index contributed by atoms with van der Waals surface area (Å²) in [5.74, 6) is 0.414. The zero-order valence-corrected chi connectivity index (χ0v) is 19.2. The van der Waals surface area contributed by atoms with Crippen LogP contribution in [0.4, 0.5) is 11.4 Å². The number of rotatable bonds is 10. The maximum atomic E-state index is 12.3. The van der Waals surface area contributed by atoms with E-state index >= 15 is 0 Å². The van der Waals surface area contributed by atoms with Gasteiger partial charge in [0.15, 0.2) is 0 Å². The lowest BCUT2D eigenvalue weighted by Crippen LogP contribution is -2.23. The molecule has 0 atom stereocenters. The van der Waals surface area contributed by atoms with Crippen LogP contribution in [0.5, 0.6) is 5.75 Å². The maximum absolute atomic E-state index is 12.3. The van der Waals surface area contributed by atoms with Gasteiger partial charge in [0, 0.05) is 23.5 Å². The molecule has 4 aromatic rings. The number of hydrogen-bond donors (Lipinski definition) is 3. The van der Waals surface area contributed by atoms with Gasteiger partial charge in [0.2, 0.25) is 5.91 Å². The van der Waals surface area contributed by atoms with Crippen molar-refractivity contribution in [1.29, 1.82) is 0 Å². The van der Waals surface area contributed by atoms with Crippen LogP contribution in [0.1, 0.15) is 21.5 Å². The average Bonchev–Trinajstić information content (AvgIpc) is 2.91. The van der Waals surface area contributed by atoms with Gasteiger partial charge in [-0.05, 0) is 59.7 Å². The second-order valence-corrected chi connectivity index (χ2v) is 7.95. The highest BCUT2D eigenvalue weighted by molar-refractivity contribution is 5.96. The van der Waals surface area contributed by atoms with Gasteiger partial charge < -0.3 is 20.7 Å². The Bertz CT molecular complexity index is 1230. The number of hydrogen-bond acceptors (Lipinski definition) is 4. The second kappa shape index (κ2) is 12.0. The molecule has 2 amide bonds. The number of ether oxygens (including phenoxy) is 1. The first kappa shape index (κ1) is 23.6. The van der Waals surface area contributed by atoms with Crippen molar-refractivity contribution in [1.82, 2.24) is 5.32 Å². The molecular weight excluding hydrogens is 438 g/mol. The quantitative estimate of drug-likeness (QED) is 0.299. The molecule has 35 heavy (non-hydrogen) atoms. The van der Waals surface area contributed by atoms with Crippen LogP contribution < -0.4 is 20.7 Å². The molecule has 0 fully saturated rings. The number of amides is 2. The normalized spacial score (nSPS) is 10.3. The maximum Gasteiger partial charge on any atom is 0.251 e. The molecule has 0 radical (unpaired) electrons. The molecular formula is C29H27N3O3. The number of carbonyl (C=O) groups is 2. The van der Waals surface area contributed by atoms with Gasteiger partial charge in [0.25, 0.3) is 5.91 Å². The van der Waals surface area contributed by atoms with Gasteiger partial charge in [0.05, 0.1) is 6.54 Å². The molecule has 0 aliphatic rings.